The van der Waals surface area contributed by atoms with E-state index in [0.29, 0.717) is 41.0 Å². The van der Waals surface area contributed by atoms with Gasteiger partial charge in [-0.25, -0.2) is 4.98 Å². The first-order chi connectivity index (χ1) is 14.0. The number of pyridine rings is 1. The van der Waals surface area contributed by atoms with Gasteiger partial charge in [0.05, 0.1) is 11.2 Å². The number of phenols is 1. The maximum atomic E-state index is 13.4. The van der Waals surface area contributed by atoms with Gasteiger partial charge < -0.3 is 20.2 Å². The van der Waals surface area contributed by atoms with E-state index in [1.165, 1.54) is 0 Å². The van der Waals surface area contributed by atoms with E-state index >= 15 is 0 Å². The Hall–Kier alpha value is -2.84. The topological polar surface area (TPSA) is 51.6 Å². The van der Waals surface area contributed by atoms with Crippen molar-refractivity contribution in [2.24, 2.45) is 0 Å². The van der Waals surface area contributed by atoms with Crippen LogP contribution in [0.5, 0.6) is 5.75 Å². The van der Waals surface area contributed by atoms with Gasteiger partial charge in [0.15, 0.2) is 0 Å². The molecule has 2 aromatic carbocycles. The zero-order valence-electron chi connectivity index (χ0n) is 17.4. The molecule has 0 fully saturated rings. The van der Waals surface area contributed by atoms with Crippen molar-refractivity contribution in [3.05, 3.63) is 59.3 Å². The Bertz CT molecular complexity index is 1020. The number of benzene rings is 2. The molecule has 1 heterocycles. The largest absolute Gasteiger partial charge is 0.507 e. The first kappa shape index (κ1) is 21.9. The Labute approximate surface area is 173 Å². The quantitative estimate of drug-likeness (QED) is 0.562. The number of nitrogens with one attached hydrogen (secondary N) is 1. The average Bonchev–Trinajstić information content (AvgIpc) is 2.63. The fourth-order valence-corrected chi connectivity index (χ4v) is 3.33. The van der Waals surface area contributed by atoms with Crippen LogP contribution in [-0.2, 0) is 19.3 Å². The van der Waals surface area contributed by atoms with E-state index in [1.54, 1.807) is 36.4 Å². The fraction of sp³-hybridized carbons (Fsp3) is 0.318. The van der Waals surface area contributed by atoms with E-state index in [0.717, 1.165) is 6.07 Å². The molecule has 2 N–H and O–H groups in total. The minimum atomic E-state index is -4.55. The van der Waals surface area contributed by atoms with Gasteiger partial charge in [-0.1, -0.05) is 18.2 Å². The number of nitrogens with zero attached hydrogens (tertiary/aromatic N) is 3. The van der Waals surface area contributed by atoms with Crippen LogP contribution >= 0.6 is 0 Å². The molecule has 0 spiro atoms. The van der Waals surface area contributed by atoms with E-state index in [2.05, 4.69) is 10.3 Å². The van der Waals surface area contributed by atoms with Gasteiger partial charge in [0.1, 0.15) is 11.4 Å². The monoisotopic (exact) mass is 418 g/mol. The summed E-state index contributed by atoms with van der Waals surface area (Å²) in [7, 11) is 7.54. The molecule has 3 aromatic rings. The SMILES string of the molecule is CN(C)Cc1cc(Nc2cc(C(F)(F)F)nc3ccccc23)cc(CN(C)C)c1O. The summed E-state index contributed by atoms with van der Waals surface area (Å²) in [6, 6.07) is 11.2. The van der Waals surface area contributed by atoms with Crippen LogP contribution in [0.2, 0.25) is 0 Å². The van der Waals surface area contributed by atoms with Gasteiger partial charge in [0.2, 0.25) is 0 Å². The fourth-order valence-electron chi connectivity index (χ4n) is 3.33. The molecule has 0 amide bonds. The number of rotatable bonds is 6. The summed E-state index contributed by atoms with van der Waals surface area (Å²) in [6.45, 7) is 0.985. The first-order valence-electron chi connectivity index (χ1n) is 9.43. The van der Waals surface area contributed by atoms with Crippen molar-refractivity contribution in [3.63, 3.8) is 0 Å². The van der Waals surface area contributed by atoms with Crippen molar-refractivity contribution in [2.45, 2.75) is 19.3 Å². The summed E-state index contributed by atoms with van der Waals surface area (Å²) < 4.78 is 40.1. The highest BCUT2D eigenvalue weighted by Crippen LogP contribution is 2.36. The number of halogens is 3. The van der Waals surface area contributed by atoms with Crippen LogP contribution in [0.1, 0.15) is 16.8 Å². The standard InChI is InChI=1S/C22H25F3N4O/c1-28(2)12-14-9-16(10-15(21(14)30)13-29(3)4)26-19-11-20(22(23,24)25)27-18-8-6-5-7-17(18)19/h5-11,30H,12-13H2,1-4H3,(H,26,27). The van der Waals surface area contributed by atoms with Gasteiger partial charge in [0, 0.05) is 35.3 Å². The molecule has 0 bridgehead atoms. The molecule has 3 rings (SSSR count). The lowest BCUT2D eigenvalue weighted by molar-refractivity contribution is -0.140. The van der Waals surface area contributed by atoms with Crippen LogP contribution in [0, 0.1) is 0 Å². The van der Waals surface area contributed by atoms with Crippen LogP contribution in [0.3, 0.4) is 0 Å². The lowest BCUT2D eigenvalue weighted by Gasteiger charge is -2.20. The highest BCUT2D eigenvalue weighted by molar-refractivity contribution is 5.93. The highest BCUT2D eigenvalue weighted by atomic mass is 19.4. The second-order valence-corrected chi connectivity index (χ2v) is 7.81. The minimum absolute atomic E-state index is 0.193. The van der Waals surface area contributed by atoms with E-state index in [9.17, 15) is 18.3 Å². The number of aromatic hydroxyl groups is 1. The van der Waals surface area contributed by atoms with E-state index in [1.807, 2.05) is 38.0 Å². The Morgan fingerprint density at radius 2 is 1.50 bits per heavy atom. The third kappa shape index (κ3) is 5.01. The van der Waals surface area contributed by atoms with Gasteiger partial charge in [-0.3, -0.25) is 0 Å². The predicted molar refractivity (Wildman–Crippen MR) is 113 cm³/mol. The molecule has 1 aromatic heterocycles. The number of phenolic OH excluding ortho intramolecular Hbond substituents is 1. The molecule has 30 heavy (non-hydrogen) atoms. The third-order valence-electron chi connectivity index (χ3n) is 4.53. The molecule has 0 aliphatic carbocycles. The summed E-state index contributed by atoms with van der Waals surface area (Å²) in [5.74, 6) is 0.193. The molecule has 0 saturated heterocycles. The Kier molecular flexibility index (Phi) is 6.19. The first-order valence-corrected chi connectivity index (χ1v) is 9.43. The van der Waals surface area contributed by atoms with Crippen molar-refractivity contribution in [3.8, 4) is 5.75 Å². The van der Waals surface area contributed by atoms with Crippen LogP contribution in [0.4, 0.5) is 24.5 Å². The maximum absolute atomic E-state index is 13.4. The zero-order chi connectivity index (χ0) is 22.1. The van der Waals surface area contributed by atoms with Gasteiger partial charge in [-0.2, -0.15) is 13.2 Å². The minimum Gasteiger partial charge on any atom is -0.507 e. The van der Waals surface area contributed by atoms with Gasteiger partial charge in [0.25, 0.3) is 0 Å². The predicted octanol–water partition coefficient (Wildman–Crippen LogP) is 4.83. The Morgan fingerprint density at radius 1 is 0.933 bits per heavy atom. The van der Waals surface area contributed by atoms with Crippen molar-refractivity contribution in [2.75, 3.05) is 33.5 Å². The summed E-state index contributed by atoms with van der Waals surface area (Å²) in [4.78, 5) is 7.60. The lowest BCUT2D eigenvalue weighted by Crippen LogP contribution is -2.14. The second-order valence-electron chi connectivity index (χ2n) is 7.81. The maximum Gasteiger partial charge on any atom is 0.433 e. The van der Waals surface area contributed by atoms with Crippen molar-refractivity contribution >= 4 is 22.3 Å². The van der Waals surface area contributed by atoms with Crippen molar-refractivity contribution in [1.82, 2.24) is 14.8 Å². The molecule has 0 saturated carbocycles. The molecule has 0 aliphatic rings. The van der Waals surface area contributed by atoms with Gasteiger partial charge in [-0.15, -0.1) is 0 Å². The number of aromatic nitrogens is 1. The molecule has 0 radical (unpaired) electrons. The highest BCUT2D eigenvalue weighted by Gasteiger charge is 2.33. The lowest BCUT2D eigenvalue weighted by atomic mass is 10.1. The van der Waals surface area contributed by atoms with Gasteiger partial charge >= 0.3 is 6.18 Å². The molecular formula is C22H25F3N4O. The van der Waals surface area contributed by atoms with Crippen LogP contribution in [0.25, 0.3) is 10.9 Å². The molecule has 8 heteroatoms. The zero-order valence-corrected chi connectivity index (χ0v) is 17.4. The summed E-state index contributed by atoms with van der Waals surface area (Å²) >= 11 is 0. The number of para-hydroxylation sites is 1. The third-order valence-corrected chi connectivity index (χ3v) is 4.53. The second kappa shape index (κ2) is 8.49. The smallest absolute Gasteiger partial charge is 0.433 e. The normalized spacial score (nSPS) is 12.2. The number of alkyl halides is 3. The molecular weight excluding hydrogens is 393 g/mol. The van der Waals surface area contributed by atoms with Crippen molar-refractivity contribution < 1.29 is 18.3 Å². The van der Waals surface area contributed by atoms with Crippen LogP contribution in [0.15, 0.2) is 42.5 Å². The molecule has 0 aliphatic heterocycles. The number of fused-ring (bicyclic) bond motifs is 1. The number of hydrogen-bond donors (Lipinski definition) is 2. The summed E-state index contributed by atoms with van der Waals surface area (Å²) in [5.41, 5.74) is 1.60. The Morgan fingerprint density at radius 3 is 2.03 bits per heavy atom. The number of hydrogen-bond acceptors (Lipinski definition) is 5. The van der Waals surface area contributed by atoms with Gasteiger partial charge in [-0.05, 0) is 52.5 Å². The van der Waals surface area contributed by atoms with Crippen LogP contribution < -0.4 is 5.32 Å². The summed E-state index contributed by atoms with van der Waals surface area (Å²) in [5, 5.41) is 14.4. The van der Waals surface area contributed by atoms with E-state index < -0.39 is 11.9 Å². The number of anilines is 2. The van der Waals surface area contributed by atoms with E-state index in [4.69, 9.17) is 0 Å². The molecule has 0 unspecified atom stereocenters. The molecule has 0 atom stereocenters. The van der Waals surface area contributed by atoms with Crippen molar-refractivity contribution in [1.29, 1.82) is 0 Å². The Balaban J connectivity index is 2.12. The average molecular weight is 418 g/mol. The summed E-state index contributed by atoms with van der Waals surface area (Å²) in [6.07, 6.45) is -4.55. The molecule has 5 nitrogen and oxygen atoms in total. The van der Waals surface area contributed by atoms with Crippen LogP contribution in [-0.4, -0.2) is 48.1 Å². The van der Waals surface area contributed by atoms with E-state index in [-0.39, 0.29) is 11.3 Å². The molecule has 160 valence electrons.